The number of rotatable bonds is 9. The quantitative estimate of drug-likeness (QED) is 0.637. The second-order valence-electron chi connectivity index (χ2n) is 7.97. The van der Waals surface area contributed by atoms with Crippen LogP contribution >= 0.6 is 0 Å². The number of carbonyl (C=O) groups excluding carboxylic acids is 1. The molecule has 0 radical (unpaired) electrons. The first kappa shape index (κ1) is 21.2. The van der Waals surface area contributed by atoms with E-state index in [-0.39, 0.29) is 30.2 Å². The van der Waals surface area contributed by atoms with E-state index in [4.69, 9.17) is 5.11 Å². The van der Waals surface area contributed by atoms with E-state index in [0.29, 0.717) is 6.42 Å². The van der Waals surface area contributed by atoms with Crippen molar-refractivity contribution < 1.29 is 14.7 Å². The second-order valence-corrected chi connectivity index (χ2v) is 7.97. The second kappa shape index (κ2) is 10.3. The van der Waals surface area contributed by atoms with Crippen LogP contribution in [0.3, 0.4) is 0 Å². The van der Waals surface area contributed by atoms with Gasteiger partial charge >= 0.3 is 5.97 Å². The van der Waals surface area contributed by atoms with E-state index in [1.807, 2.05) is 19.1 Å². The summed E-state index contributed by atoms with van der Waals surface area (Å²) in [7, 11) is 0. The highest BCUT2D eigenvalue weighted by Crippen LogP contribution is 2.32. The maximum Gasteiger partial charge on any atom is 0.310 e. The topological polar surface area (TPSA) is 69.6 Å². The number of hydrogen-bond donors (Lipinski definition) is 2. The van der Waals surface area contributed by atoms with E-state index in [1.54, 1.807) is 0 Å². The van der Waals surface area contributed by atoms with E-state index in [9.17, 15) is 9.59 Å². The molecule has 0 aromatic heterocycles. The average molecular weight is 395 g/mol. The molecular formula is C24H30N2O3. The number of nitrogens with one attached hydrogen (secondary N) is 1. The molecule has 5 heteroatoms. The lowest BCUT2D eigenvalue weighted by molar-refractivity contribution is -0.140. The van der Waals surface area contributed by atoms with Gasteiger partial charge in [0, 0.05) is 32.1 Å². The van der Waals surface area contributed by atoms with Gasteiger partial charge in [-0.05, 0) is 23.5 Å². The number of ketones is 1. The lowest BCUT2D eigenvalue weighted by atomic mass is 9.90. The zero-order valence-electron chi connectivity index (χ0n) is 17.0. The van der Waals surface area contributed by atoms with Gasteiger partial charge in [0.05, 0.1) is 6.04 Å². The number of Topliss-reactive ketones (excluding diaryl/α,β-unsaturated/α-hetero) is 1. The van der Waals surface area contributed by atoms with Gasteiger partial charge in [0.25, 0.3) is 0 Å². The molecule has 2 unspecified atom stereocenters. The number of nitrogens with zero attached hydrogens (tertiary/aromatic N) is 1. The predicted molar refractivity (Wildman–Crippen MR) is 114 cm³/mol. The molecule has 29 heavy (non-hydrogen) atoms. The molecule has 2 aromatic rings. The van der Waals surface area contributed by atoms with Crippen molar-refractivity contribution in [3.8, 4) is 0 Å². The molecule has 2 N–H and O–H groups in total. The normalized spacial score (nSPS) is 18.5. The van der Waals surface area contributed by atoms with Crippen molar-refractivity contribution in [1.82, 2.24) is 10.2 Å². The summed E-state index contributed by atoms with van der Waals surface area (Å²) in [5.74, 6) is -1.10. The van der Waals surface area contributed by atoms with Gasteiger partial charge in [-0.3, -0.25) is 14.5 Å². The summed E-state index contributed by atoms with van der Waals surface area (Å²) in [6, 6.07) is 21.5. The van der Waals surface area contributed by atoms with Crippen LogP contribution in [0.1, 0.15) is 43.4 Å². The summed E-state index contributed by atoms with van der Waals surface area (Å²) in [5, 5.41) is 12.3. The summed E-state index contributed by atoms with van der Waals surface area (Å²) >= 11 is 0. The molecule has 0 aliphatic carbocycles. The lowest BCUT2D eigenvalue weighted by Crippen LogP contribution is -2.53. The van der Waals surface area contributed by atoms with Crippen LogP contribution in [-0.2, 0) is 9.59 Å². The van der Waals surface area contributed by atoms with Gasteiger partial charge in [0.15, 0.2) is 0 Å². The molecule has 0 bridgehead atoms. The number of carbonyl (C=O) groups is 2. The number of carboxylic acid groups (broad SMARTS) is 1. The number of benzene rings is 2. The summed E-state index contributed by atoms with van der Waals surface area (Å²) in [6.07, 6.45) is 0.792. The van der Waals surface area contributed by atoms with Crippen molar-refractivity contribution in [1.29, 1.82) is 0 Å². The first-order valence-electron chi connectivity index (χ1n) is 10.3. The van der Waals surface area contributed by atoms with Crippen LogP contribution in [0.2, 0.25) is 0 Å². The van der Waals surface area contributed by atoms with Gasteiger partial charge in [-0.25, -0.2) is 0 Å². The van der Waals surface area contributed by atoms with Gasteiger partial charge < -0.3 is 10.4 Å². The van der Waals surface area contributed by atoms with Gasteiger partial charge in [-0.2, -0.15) is 0 Å². The summed E-state index contributed by atoms with van der Waals surface area (Å²) in [5.41, 5.74) is 2.53. The fourth-order valence-electron chi connectivity index (χ4n) is 4.36. The van der Waals surface area contributed by atoms with Gasteiger partial charge in [0.2, 0.25) is 0 Å². The Morgan fingerprint density at radius 1 is 1.07 bits per heavy atom. The number of carboxylic acids is 1. The van der Waals surface area contributed by atoms with E-state index >= 15 is 0 Å². The summed E-state index contributed by atoms with van der Waals surface area (Å²) < 4.78 is 0. The minimum Gasteiger partial charge on any atom is -0.481 e. The lowest BCUT2D eigenvalue weighted by Gasteiger charge is -2.43. The molecule has 1 saturated heterocycles. The molecule has 5 nitrogen and oxygen atoms in total. The molecule has 1 fully saturated rings. The molecule has 154 valence electrons. The number of aliphatic carboxylic acids is 1. The molecule has 0 spiro atoms. The Bertz CT molecular complexity index is 755. The van der Waals surface area contributed by atoms with Crippen LogP contribution in [0, 0.1) is 5.92 Å². The Hall–Kier alpha value is -2.50. The average Bonchev–Trinajstić information content (AvgIpc) is 2.70. The minimum absolute atomic E-state index is 0.140. The van der Waals surface area contributed by atoms with E-state index in [2.05, 4.69) is 58.7 Å². The summed E-state index contributed by atoms with van der Waals surface area (Å²) in [6.45, 7) is 4.77. The predicted octanol–water partition coefficient (Wildman–Crippen LogP) is 3.51. The molecule has 0 amide bonds. The smallest absolute Gasteiger partial charge is 0.310 e. The van der Waals surface area contributed by atoms with E-state index in [0.717, 1.165) is 26.1 Å². The zero-order valence-corrected chi connectivity index (χ0v) is 17.0. The molecular weight excluding hydrogens is 364 g/mol. The molecule has 1 aliphatic rings. The number of hydrogen-bond acceptors (Lipinski definition) is 4. The highest BCUT2D eigenvalue weighted by atomic mass is 16.4. The Balaban J connectivity index is 1.80. The Morgan fingerprint density at radius 3 is 2.21 bits per heavy atom. The first-order chi connectivity index (χ1) is 14.0. The van der Waals surface area contributed by atoms with Crippen molar-refractivity contribution in [2.45, 2.75) is 38.3 Å². The van der Waals surface area contributed by atoms with Crippen molar-refractivity contribution in [2.75, 3.05) is 19.6 Å². The molecule has 3 rings (SSSR count). The standard InChI is InChI=1S/C24H30N2O3/c1-18(15-22(27)16-23(28)29)14-21-17-25-12-13-26(21)24(19-8-4-2-5-9-19)20-10-6-3-7-11-20/h2-11,18,21,24-25H,12-17H2,1H3,(H,28,29). The molecule has 1 aliphatic heterocycles. The third kappa shape index (κ3) is 5.99. The largest absolute Gasteiger partial charge is 0.481 e. The maximum atomic E-state index is 12.0. The van der Waals surface area contributed by atoms with Crippen molar-refractivity contribution in [2.24, 2.45) is 5.92 Å². The van der Waals surface area contributed by atoms with Crippen molar-refractivity contribution >= 4 is 11.8 Å². The minimum atomic E-state index is -1.05. The molecule has 0 saturated carbocycles. The fourth-order valence-corrected chi connectivity index (χ4v) is 4.36. The van der Waals surface area contributed by atoms with Gasteiger partial charge in [-0.1, -0.05) is 67.6 Å². The van der Waals surface area contributed by atoms with Crippen LogP contribution < -0.4 is 5.32 Å². The third-order valence-corrected chi connectivity index (χ3v) is 5.56. The van der Waals surface area contributed by atoms with Crippen LogP contribution in [0.25, 0.3) is 0 Å². The first-order valence-corrected chi connectivity index (χ1v) is 10.3. The molecule has 1 heterocycles. The Kier molecular flexibility index (Phi) is 7.55. The summed E-state index contributed by atoms with van der Waals surface area (Å²) in [4.78, 5) is 25.3. The van der Waals surface area contributed by atoms with Crippen molar-refractivity contribution in [3.05, 3.63) is 71.8 Å². The fraction of sp³-hybridized carbons (Fsp3) is 0.417. The van der Waals surface area contributed by atoms with Crippen molar-refractivity contribution in [3.63, 3.8) is 0 Å². The Labute approximate surface area is 172 Å². The highest BCUT2D eigenvalue weighted by Gasteiger charge is 2.32. The van der Waals surface area contributed by atoms with E-state index < -0.39 is 5.97 Å². The molecule has 2 atom stereocenters. The van der Waals surface area contributed by atoms with Crippen LogP contribution in [-0.4, -0.2) is 47.4 Å². The maximum absolute atomic E-state index is 12.0. The SMILES string of the molecule is CC(CC(=O)CC(=O)O)CC1CNCCN1C(c1ccccc1)c1ccccc1. The van der Waals surface area contributed by atoms with Crippen LogP contribution in [0.5, 0.6) is 0 Å². The van der Waals surface area contributed by atoms with E-state index in [1.165, 1.54) is 11.1 Å². The number of piperazine rings is 1. The van der Waals surface area contributed by atoms with Gasteiger partial charge in [-0.15, -0.1) is 0 Å². The van der Waals surface area contributed by atoms with Crippen LogP contribution in [0.4, 0.5) is 0 Å². The van der Waals surface area contributed by atoms with Gasteiger partial charge in [0.1, 0.15) is 12.2 Å². The monoisotopic (exact) mass is 394 g/mol. The Morgan fingerprint density at radius 2 is 1.66 bits per heavy atom. The molecule has 2 aromatic carbocycles. The zero-order chi connectivity index (χ0) is 20.6. The highest BCUT2D eigenvalue weighted by molar-refractivity contribution is 5.94. The van der Waals surface area contributed by atoms with Crippen LogP contribution in [0.15, 0.2) is 60.7 Å². The third-order valence-electron chi connectivity index (χ3n) is 5.56.